The van der Waals surface area contributed by atoms with Gasteiger partial charge in [-0.05, 0) is 62.1 Å². The van der Waals surface area contributed by atoms with Crippen molar-refractivity contribution in [3.05, 3.63) is 59.4 Å². The molecule has 7 heteroatoms. The fourth-order valence-electron chi connectivity index (χ4n) is 4.17. The molecule has 0 spiro atoms. The quantitative estimate of drug-likeness (QED) is 0.812. The van der Waals surface area contributed by atoms with Crippen molar-refractivity contribution in [3.63, 3.8) is 0 Å². The van der Waals surface area contributed by atoms with Crippen LogP contribution < -0.4 is 15.0 Å². The van der Waals surface area contributed by atoms with Crippen molar-refractivity contribution in [1.82, 2.24) is 10.2 Å². The normalized spacial score (nSPS) is 18.9. The van der Waals surface area contributed by atoms with Crippen LogP contribution >= 0.6 is 0 Å². The molecule has 0 radical (unpaired) electrons. The maximum Gasteiger partial charge on any atom is 0.324 e. The molecular formula is C24H28FN3O3. The molecule has 2 aromatic carbocycles. The third-order valence-electron chi connectivity index (χ3n) is 5.92. The zero-order valence-electron chi connectivity index (χ0n) is 17.9. The highest BCUT2D eigenvalue weighted by molar-refractivity contribution is 5.94. The summed E-state index contributed by atoms with van der Waals surface area (Å²) in [5.41, 5.74) is 2.74. The number of fused-ring (bicyclic) bond motifs is 1. The van der Waals surface area contributed by atoms with Gasteiger partial charge in [0.1, 0.15) is 17.7 Å². The number of amides is 3. The van der Waals surface area contributed by atoms with Gasteiger partial charge in [-0.1, -0.05) is 18.2 Å². The minimum Gasteiger partial charge on any atom is -0.487 e. The average molecular weight is 426 g/mol. The van der Waals surface area contributed by atoms with Gasteiger partial charge in [0.15, 0.2) is 0 Å². The van der Waals surface area contributed by atoms with Gasteiger partial charge in [-0.15, -0.1) is 0 Å². The molecule has 1 fully saturated rings. The molecule has 2 aromatic rings. The van der Waals surface area contributed by atoms with Crippen LogP contribution in [0.2, 0.25) is 0 Å². The fourth-order valence-corrected chi connectivity index (χ4v) is 4.17. The number of benzene rings is 2. The standard InChI is InChI=1S/C24H28FN3O3/c1-16-3-8-22-21(13-16)28(15-17(2)31-22)24(30)27-11-9-19(10-12-27)23(29)26-14-18-4-6-20(25)7-5-18/h3-8,13,17,19H,9-12,14-15H2,1-2H3,(H,26,29). The van der Waals surface area contributed by atoms with Crippen LogP contribution in [0.15, 0.2) is 42.5 Å². The van der Waals surface area contributed by atoms with Gasteiger partial charge in [-0.2, -0.15) is 0 Å². The van der Waals surface area contributed by atoms with Crippen molar-refractivity contribution >= 4 is 17.6 Å². The van der Waals surface area contributed by atoms with E-state index in [2.05, 4.69) is 5.32 Å². The molecule has 2 aliphatic rings. The Balaban J connectivity index is 1.33. The number of hydrogen-bond acceptors (Lipinski definition) is 3. The molecule has 1 saturated heterocycles. The molecule has 6 nitrogen and oxygen atoms in total. The number of likely N-dealkylation sites (tertiary alicyclic amines) is 1. The highest BCUT2D eigenvalue weighted by atomic mass is 19.1. The summed E-state index contributed by atoms with van der Waals surface area (Å²) >= 11 is 0. The summed E-state index contributed by atoms with van der Waals surface area (Å²) in [6.07, 6.45) is 1.18. The zero-order chi connectivity index (χ0) is 22.0. The molecule has 0 bridgehead atoms. The Morgan fingerprint density at radius 2 is 1.84 bits per heavy atom. The molecule has 4 rings (SSSR count). The molecular weight excluding hydrogens is 397 g/mol. The first-order valence-electron chi connectivity index (χ1n) is 10.8. The Morgan fingerprint density at radius 3 is 2.55 bits per heavy atom. The van der Waals surface area contributed by atoms with Crippen LogP contribution in [0.1, 0.15) is 30.9 Å². The summed E-state index contributed by atoms with van der Waals surface area (Å²) < 4.78 is 18.9. The van der Waals surface area contributed by atoms with E-state index in [1.165, 1.54) is 12.1 Å². The molecule has 31 heavy (non-hydrogen) atoms. The molecule has 3 amide bonds. The summed E-state index contributed by atoms with van der Waals surface area (Å²) in [5, 5.41) is 2.93. The van der Waals surface area contributed by atoms with Gasteiger partial charge in [-0.3, -0.25) is 9.69 Å². The van der Waals surface area contributed by atoms with Gasteiger partial charge < -0.3 is 15.0 Å². The molecule has 0 aliphatic carbocycles. The number of urea groups is 1. The van der Waals surface area contributed by atoms with E-state index in [-0.39, 0.29) is 29.8 Å². The van der Waals surface area contributed by atoms with Crippen LogP contribution in [0.4, 0.5) is 14.9 Å². The number of anilines is 1. The van der Waals surface area contributed by atoms with Gasteiger partial charge in [0.05, 0.1) is 12.2 Å². The topological polar surface area (TPSA) is 61.9 Å². The van der Waals surface area contributed by atoms with E-state index in [1.54, 1.807) is 17.0 Å². The lowest BCUT2D eigenvalue weighted by atomic mass is 9.96. The van der Waals surface area contributed by atoms with Crippen molar-refractivity contribution in [2.45, 2.75) is 39.3 Å². The number of hydrogen-bond donors (Lipinski definition) is 1. The molecule has 1 unspecified atom stereocenters. The molecule has 164 valence electrons. The minimum absolute atomic E-state index is 0.0163. The second-order valence-electron chi connectivity index (χ2n) is 8.40. The molecule has 0 aromatic heterocycles. The number of piperidine rings is 1. The van der Waals surface area contributed by atoms with Crippen molar-refractivity contribution < 1.29 is 18.7 Å². The van der Waals surface area contributed by atoms with E-state index >= 15 is 0 Å². The van der Waals surface area contributed by atoms with Crippen LogP contribution in [0, 0.1) is 18.7 Å². The average Bonchev–Trinajstić information content (AvgIpc) is 2.78. The molecule has 1 atom stereocenters. The first-order chi connectivity index (χ1) is 14.9. The summed E-state index contributed by atoms with van der Waals surface area (Å²) in [6, 6.07) is 11.9. The van der Waals surface area contributed by atoms with Gasteiger partial charge in [0, 0.05) is 25.6 Å². The Labute approximate surface area is 182 Å². The van der Waals surface area contributed by atoms with E-state index in [0.29, 0.717) is 39.0 Å². The van der Waals surface area contributed by atoms with Gasteiger partial charge in [0.25, 0.3) is 0 Å². The van der Waals surface area contributed by atoms with Crippen molar-refractivity contribution in [3.8, 4) is 5.75 Å². The van der Waals surface area contributed by atoms with Crippen LogP contribution in [0.25, 0.3) is 0 Å². The molecule has 2 heterocycles. The van der Waals surface area contributed by atoms with Crippen LogP contribution in [-0.2, 0) is 11.3 Å². The van der Waals surface area contributed by atoms with Crippen molar-refractivity contribution in [1.29, 1.82) is 0 Å². The Hall–Kier alpha value is -3.09. The van der Waals surface area contributed by atoms with E-state index in [4.69, 9.17) is 4.74 Å². The Morgan fingerprint density at radius 1 is 1.13 bits per heavy atom. The highest BCUT2D eigenvalue weighted by Crippen LogP contribution is 2.35. The number of nitrogens with zero attached hydrogens (tertiary/aromatic N) is 2. The van der Waals surface area contributed by atoms with Crippen LogP contribution in [0.3, 0.4) is 0 Å². The molecule has 1 N–H and O–H groups in total. The summed E-state index contributed by atoms with van der Waals surface area (Å²) in [6.45, 7) is 5.92. The monoisotopic (exact) mass is 425 g/mol. The second kappa shape index (κ2) is 8.96. The number of ether oxygens (including phenoxy) is 1. The Kier molecular flexibility index (Phi) is 6.11. The Bertz CT molecular complexity index is 955. The zero-order valence-corrected chi connectivity index (χ0v) is 17.9. The molecule has 2 aliphatic heterocycles. The minimum atomic E-state index is -0.292. The van der Waals surface area contributed by atoms with E-state index in [0.717, 1.165) is 22.6 Å². The predicted octanol–water partition coefficient (Wildman–Crippen LogP) is 3.87. The van der Waals surface area contributed by atoms with Gasteiger partial charge >= 0.3 is 6.03 Å². The van der Waals surface area contributed by atoms with Crippen LogP contribution in [0.5, 0.6) is 5.75 Å². The highest BCUT2D eigenvalue weighted by Gasteiger charge is 2.33. The largest absolute Gasteiger partial charge is 0.487 e. The SMILES string of the molecule is Cc1ccc2c(c1)N(C(=O)N1CCC(C(=O)NCc3ccc(F)cc3)CC1)CC(C)O2. The smallest absolute Gasteiger partial charge is 0.324 e. The maximum atomic E-state index is 13.3. The number of aryl methyl sites for hydroxylation is 1. The lowest BCUT2D eigenvalue weighted by molar-refractivity contribution is -0.126. The number of rotatable bonds is 3. The lowest BCUT2D eigenvalue weighted by Crippen LogP contribution is -2.52. The van der Waals surface area contributed by atoms with E-state index < -0.39 is 0 Å². The van der Waals surface area contributed by atoms with Gasteiger partial charge in [0.2, 0.25) is 5.91 Å². The number of carbonyl (C=O) groups excluding carboxylic acids is 2. The first kappa shape index (κ1) is 21.2. The van der Waals surface area contributed by atoms with E-state index in [9.17, 15) is 14.0 Å². The number of carbonyl (C=O) groups is 2. The number of halogens is 1. The summed E-state index contributed by atoms with van der Waals surface area (Å²) in [4.78, 5) is 29.4. The third kappa shape index (κ3) is 4.81. The van der Waals surface area contributed by atoms with Crippen molar-refractivity contribution in [2.24, 2.45) is 5.92 Å². The molecule has 0 saturated carbocycles. The second-order valence-corrected chi connectivity index (χ2v) is 8.40. The van der Waals surface area contributed by atoms with Gasteiger partial charge in [-0.25, -0.2) is 9.18 Å². The summed E-state index contributed by atoms with van der Waals surface area (Å²) in [5.74, 6) is 0.298. The fraction of sp³-hybridized carbons (Fsp3) is 0.417. The maximum absolute atomic E-state index is 13.3. The lowest BCUT2D eigenvalue weighted by Gasteiger charge is -2.39. The van der Waals surface area contributed by atoms with Crippen LogP contribution in [-0.4, -0.2) is 42.6 Å². The number of nitrogens with one attached hydrogen (secondary N) is 1. The first-order valence-corrected chi connectivity index (χ1v) is 10.8. The van der Waals surface area contributed by atoms with Crippen molar-refractivity contribution in [2.75, 3.05) is 24.5 Å². The predicted molar refractivity (Wildman–Crippen MR) is 117 cm³/mol. The summed E-state index contributed by atoms with van der Waals surface area (Å²) in [7, 11) is 0. The third-order valence-corrected chi connectivity index (χ3v) is 5.92. The van der Waals surface area contributed by atoms with E-state index in [1.807, 2.05) is 36.9 Å².